The Balaban J connectivity index is 1.68. The van der Waals surface area contributed by atoms with E-state index in [1.165, 1.54) is 37.2 Å². The first-order chi connectivity index (χ1) is 9.68. The van der Waals surface area contributed by atoms with Crippen molar-refractivity contribution in [3.63, 3.8) is 0 Å². The molecule has 1 amide bonds. The van der Waals surface area contributed by atoms with Gasteiger partial charge in [-0.25, -0.2) is 0 Å². The molecule has 3 nitrogen and oxygen atoms in total. The molecule has 0 aromatic carbocycles. The standard InChI is InChI=1S/C16H28N2OS/c1-3-20-11-8-12(2)18-14(13-6-4-5-7-13)17-16(9-10-16)15(18)19/h12-14,17H,3-11H2,1-2H3. The topological polar surface area (TPSA) is 32.3 Å². The molecule has 2 aliphatic carbocycles. The van der Waals surface area contributed by atoms with Crippen molar-refractivity contribution in [3.8, 4) is 0 Å². The molecule has 4 heteroatoms. The monoisotopic (exact) mass is 296 g/mol. The Morgan fingerprint density at radius 1 is 1.40 bits per heavy atom. The first-order valence-electron chi connectivity index (χ1n) is 8.36. The van der Waals surface area contributed by atoms with Gasteiger partial charge in [-0.3, -0.25) is 10.1 Å². The maximum absolute atomic E-state index is 12.8. The summed E-state index contributed by atoms with van der Waals surface area (Å²) in [5.41, 5.74) is -0.139. The van der Waals surface area contributed by atoms with Crippen LogP contribution < -0.4 is 5.32 Å². The number of hydrogen-bond donors (Lipinski definition) is 1. The molecule has 2 atom stereocenters. The summed E-state index contributed by atoms with van der Waals surface area (Å²) >= 11 is 1.99. The fraction of sp³-hybridized carbons (Fsp3) is 0.938. The fourth-order valence-corrected chi connectivity index (χ4v) is 4.70. The van der Waals surface area contributed by atoms with Gasteiger partial charge in [-0.2, -0.15) is 11.8 Å². The second-order valence-electron chi connectivity index (χ2n) is 6.76. The normalized spacial score (nSPS) is 30.4. The first-order valence-corrected chi connectivity index (χ1v) is 9.51. The summed E-state index contributed by atoms with van der Waals surface area (Å²) in [6.07, 6.45) is 8.86. The zero-order valence-corrected chi connectivity index (χ0v) is 13.7. The van der Waals surface area contributed by atoms with E-state index < -0.39 is 0 Å². The minimum atomic E-state index is -0.139. The van der Waals surface area contributed by atoms with Gasteiger partial charge in [0.15, 0.2) is 0 Å². The summed E-state index contributed by atoms with van der Waals surface area (Å²) < 4.78 is 0. The zero-order chi connectivity index (χ0) is 14.2. The predicted octanol–water partition coefficient (Wildman–Crippen LogP) is 3.00. The Hall–Kier alpha value is -0.220. The van der Waals surface area contributed by atoms with Gasteiger partial charge in [0.25, 0.3) is 0 Å². The molecule has 2 saturated carbocycles. The molecule has 1 heterocycles. The van der Waals surface area contributed by atoms with E-state index in [-0.39, 0.29) is 5.54 Å². The van der Waals surface area contributed by atoms with Crippen molar-refractivity contribution >= 4 is 17.7 Å². The zero-order valence-electron chi connectivity index (χ0n) is 12.9. The molecule has 3 aliphatic rings. The molecule has 3 fully saturated rings. The molecule has 0 bridgehead atoms. The van der Waals surface area contributed by atoms with Crippen molar-refractivity contribution in [2.24, 2.45) is 5.92 Å². The van der Waals surface area contributed by atoms with Crippen LogP contribution in [0.3, 0.4) is 0 Å². The van der Waals surface area contributed by atoms with Crippen LogP contribution in [0.2, 0.25) is 0 Å². The van der Waals surface area contributed by atoms with E-state index in [0.29, 0.717) is 24.0 Å². The van der Waals surface area contributed by atoms with Crippen molar-refractivity contribution in [2.75, 3.05) is 11.5 Å². The molecule has 1 spiro atoms. The van der Waals surface area contributed by atoms with Gasteiger partial charge in [0.05, 0.1) is 11.7 Å². The summed E-state index contributed by atoms with van der Waals surface area (Å²) in [4.78, 5) is 15.0. The van der Waals surface area contributed by atoms with Gasteiger partial charge in [-0.05, 0) is 56.5 Å². The van der Waals surface area contributed by atoms with Crippen LogP contribution in [0.1, 0.15) is 58.8 Å². The summed E-state index contributed by atoms with van der Waals surface area (Å²) in [5.74, 6) is 3.45. The highest BCUT2D eigenvalue weighted by Crippen LogP contribution is 2.46. The van der Waals surface area contributed by atoms with Crippen LogP contribution in [-0.4, -0.2) is 40.1 Å². The van der Waals surface area contributed by atoms with Gasteiger partial charge >= 0.3 is 0 Å². The van der Waals surface area contributed by atoms with Gasteiger partial charge in [0, 0.05) is 6.04 Å². The summed E-state index contributed by atoms with van der Waals surface area (Å²) in [5, 5.41) is 3.72. The molecule has 1 aliphatic heterocycles. The molecule has 0 aromatic rings. The Morgan fingerprint density at radius 2 is 2.10 bits per heavy atom. The molecule has 0 radical (unpaired) electrons. The van der Waals surface area contributed by atoms with Crippen LogP contribution in [0.5, 0.6) is 0 Å². The van der Waals surface area contributed by atoms with E-state index in [2.05, 4.69) is 24.1 Å². The highest BCUT2D eigenvalue weighted by Gasteiger charge is 2.60. The summed E-state index contributed by atoms with van der Waals surface area (Å²) in [6, 6.07) is 0.389. The molecule has 20 heavy (non-hydrogen) atoms. The molecular formula is C16H28N2OS. The van der Waals surface area contributed by atoms with Crippen molar-refractivity contribution < 1.29 is 4.79 Å². The van der Waals surface area contributed by atoms with Gasteiger partial charge in [-0.15, -0.1) is 0 Å². The predicted molar refractivity (Wildman–Crippen MR) is 84.8 cm³/mol. The number of nitrogens with zero attached hydrogens (tertiary/aromatic N) is 1. The number of rotatable bonds is 6. The number of hydrogen-bond acceptors (Lipinski definition) is 3. The maximum Gasteiger partial charge on any atom is 0.244 e. The number of thioether (sulfide) groups is 1. The van der Waals surface area contributed by atoms with Gasteiger partial charge in [-0.1, -0.05) is 19.8 Å². The van der Waals surface area contributed by atoms with E-state index >= 15 is 0 Å². The van der Waals surface area contributed by atoms with Crippen molar-refractivity contribution in [1.29, 1.82) is 0 Å². The van der Waals surface area contributed by atoms with E-state index in [0.717, 1.165) is 19.3 Å². The quantitative estimate of drug-likeness (QED) is 0.765. The molecule has 1 saturated heterocycles. The second kappa shape index (κ2) is 5.88. The SMILES string of the molecule is CCSCCC(C)N1C(=O)C2(CC2)NC1C1CCCC1. The Labute approximate surface area is 127 Å². The average Bonchev–Trinajstić information content (AvgIpc) is 2.91. The summed E-state index contributed by atoms with van der Waals surface area (Å²) in [7, 11) is 0. The minimum absolute atomic E-state index is 0.139. The highest BCUT2D eigenvalue weighted by atomic mass is 32.2. The van der Waals surface area contributed by atoms with Gasteiger partial charge in [0.1, 0.15) is 0 Å². The molecule has 1 N–H and O–H groups in total. The highest BCUT2D eigenvalue weighted by molar-refractivity contribution is 7.99. The van der Waals surface area contributed by atoms with Crippen molar-refractivity contribution in [2.45, 2.75) is 76.5 Å². The third kappa shape index (κ3) is 2.61. The van der Waals surface area contributed by atoms with E-state index in [9.17, 15) is 4.79 Å². The lowest BCUT2D eigenvalue weighted by Gasteiger charge is -2.34. The Kier molecular flexibility index (Phi) is 4.32. The van der Waals surface area contributed by atoms with Crippen LogP contribution in [-0.2, 0) is 4.79 Å². The number of carbonyl (C=O) groups is 1. The average molecular weight is 296 g/mol. The van der Waals surface area contributed by atoms with Crippen LogP contribution in [0, 0.1) is 5.92 Å². The van der Waals surface area contributed by atoms with E-state index in [1.807, 2.05) is 11.8 Å². The van der Waals surface area contributed by atoms with E-state index in [4.69, 9.17) is 0 Å². The second-order valence-corrected chi connectivity index (χ2v) is 8.16. The molecule has 0 aromatic heterocycles. The Bertz CT molecular complexity index is 363. The molecular weight excluding hydrogens is 268 g/mol. The Morgan fingerprint density at radius 3 is 2.70 bits per heavy atom. The fourth-order valence-electron chi connectivity index (χ4n) is 3.90. The number of amides is 1. The van der Waals surface area contributed by atoms with Crippen molar-refractivity contribution in [3.05, 3.63) is 0 Å². The van der Waals surface area contributed by atoms with Crippen LogP contribution in [0.4, 0.5) is 0 Å². The van der Waals surface area contributed by atoms with Crippen LogP contribution >= 0.6 is 11.8 Å². The lowest BCUT2D eigenvalue weighted by molar-refractivity contribution is -0.133. The number of nitrogens with one attached hydrogen (secondary N) is 1. The number of carbonyl (C=O) groups excluding carboxylic acids is 1. The lowest BCUT2D eigenvalue weighted by Crippen LogP contribution is -2.47. The van der Waals surface area contributed by atoms with Crippen molar-refractivity contribution in [1.82, 2.24) is 10.2 Å². The molecule has 2 unspecified atom stereocenters. The smallest absolute Gasteiger partial charge is 0.244 e. The molecule has 114 valence electrons. The lowest BCUT2D eigenvalue weighted by atomic mass is 10.0. The maximum atomic E-state index is 12.8. The third-order valence-electron chi connectivity index (χ3n) is 5.32. The first kappa shape index (κ1) is 14.7. The minimum Gasteiger partial charge on any atom is -0.323 e. The van der Waals surface area contributed by atoms with Crippen LogP contribution in [0.15, 0.2) is 0 Å². The van der Waals surface area contributed by atoms with Crippen LogP contribution in [0.25, 0.3) is 0 Å². The largest absolute Gasteiger partial charge is 0.323 e. The third-order valence-corrected chi connectivity index (χ3v) is 6.26. The molecule has 3 rings (SSSR count). The van der Waals surface area contributed by atoms with Gasteiger partial charge in [0.2, 0.25) is 5.91 Å². The van der Waals surface area contributed by atoms with E-state index in [1.54, 1.807) is 0 Å². The van der Waals surface area contributed by atoms with Gasteiger partial charge < -0.3 is 4.90 Å². The summed E-state index contributed by atoms with van der Waals surface area (Å²) in [6.45, 7) is 4.46.